The number of Topliss-reactive ketones (excluding diaryl/α,β-unsaturated/α-hetero) is 1. The molecule has 4 atom stereocenters. The van der Waals surface area contributed by atoms with Crippen molar-refractivity contribution in [3.05, 3.63) is 93.2 Å². The normalized spacial score (nSPS) is 25.8. The molecule has 2 fully saturated rings. The molecule has 51 heavy (non-hydrogen) atoms. The van der Waals surface area contributed by atoms with E-state index in [2.05, 4.69) is 54.9 Å². The second-order valence-corrected chi connectivity index (χ2v) is 16.6. The molecular formula is C43H56N2O5S. The summed E-state index contributed by atoms with van der Waals surface area (Å²) in [6.07, 6.45) is 12.4. The van der Waals surface area contributed by atoms with Crippen LogP contribution < -0.4 is 10.1 Å². The lowest BCUT2D eigenvalue weighted by Crippen LogP contribution is -2.54. The molecule has 3 N–H and O–H groups in total. The summed E-state index contributed by atoms with van der Waals surface area (Å²) in [5.41, 5.74) is 2.90. The molecule has 1 heterocycles. The number of amides is 2. The molecule has 2 aromatic carbocycles. The van der Waals surface area contributed by atoms with Gasteiger partial charge in [0.25, 0.3) is 0 Å². The van der Waals surface area contributed by atoms with Crippen LogP contribution in [-0.4, -0.2) is 58.8 Å². The molecule has 2 saturated carbocycles. The van der Waals surface area contributed by atoms with Gasteiger partial charge in [0.1, 0.15) is 5.75 Å². The molecule has 3 aromatic rings. The van der Waals surface area contributed by atoms with Crippen molar-refractivity contribution in [3.8, 4) is 5.75 Å². The van der Waals surface area contributed by atoms with Crippen molar-refractivity contribution in [1.29, 1.82) is 0 Å². The van der Waals surface area contributed by atoms with E-state index < -0.39 is 17.1 Å². The number of carbonyl (C=O) groups excluding carboxylic acids is 2. The quantitative estimate of drug-likeness (QED) is 0.152. The Morgan fingerprint density at radius 1 is 1.02 bits per heavy atom. The fourth-order valence-electron chi connectivity index (χ4n) is 8.94. The highest BCUT2D eigenvalue weighted by molar-refractivity contribution is 7.09. The van der Waals surface area contributed by atoms with Crippen LogP contribution in [0.25, 0.3) is 0 Å². The van der Waals surface area contributed by atoms with Crippen LogP contribution in [0.1, 0.15) is 117 Å². The van der Waals surface area contributed by atoms with Gasteiger partial charge < -0.3 is 25.2 Å². The van der Waals surface area contributed by atoms with Gasteiger partial charge in [-0.1, -0.05) is 56.0 Å². The predicted molar refractivity (Wildman–Crippen MR) is 206 cm³/mol. The maximum atomic E-state index is 14.4. The molecule has 274 valence electrons. The number of ketones is 1. The number of nitrogens with zero attached hydrogens (tertiary/aromatic N) is 1. The summed E-state index contributed by atoms with van der Waals surface area (Å²) in [5.74, 6) is 0.885. The topological polar surface area (TPSA) is 99.1 Å². The van der Waals surface area contributed by atoms with Crippen molar-refractivity contribution < 1.29 is 24.5 Å². The molecule has 8 heteroatoms. The number of urea groups is 1. The zero-order valence-corrected chi connectivity index (χ0v) is 31.5. The van der Waals surface area contributed by atoms with E-state index in [1.165, 1.54) is 16.9 Å². The molecule has 7 nitrogen and oxygen atoms in total. The fourth-order valence-corrected chi connectivity index (χ4v) is 9.64. The van der Waals surface area contributed by atoms with Gasteiger partial charge in [-0.05, 0) is 130 Å². The van der Waals surface area contributed by atoms with Crippen LogP contribution in [0.2, 0.25) is 0 Å². The lowest BCUT2D eigenvalue weighted by atomic mass is 9.64. The summed E-state index contributed by atoms with van der Waals surface area (Å²) in [4.78, 5) is 31.5. The van der Waals surface area contributed by atoms with E-state index in [-0.39, 0.29) is 30.2 Å². The third-order valence-corrected chi connectivity index (χ3v) is 13.1. The number of methoxy groups -OCH3 is 1. The summed E-state index contributed by atoms with van der Waals surface area (Å²) in [6.45, 7) is 4.98. The number of aliphatic hydroxyl groups excluding tert-OH is 1. The molecule has 0 unspecified atom stereocenters. The van der Waals surface area contributed by atoms with E-state index in [9.17, 15) is 19.8 Å². The Hall–Kier alpha value is -3.46. The SMILES string of the molecule is COc1ccc(NC(=O)N(CCc2cccs2)C[C@]2(O)CC[C@H]3c4ccc(cc4C(=O)C4CCCCC4)C[C@@H](O)CCC(C)=CCC[C@@]32C)cc1. The van der Waals surface area contributed by atoms with Crippen molar-refractivity contribution in [2.24, 2.45) is 11.3 Å². The van der Waals surface area contributed by atoms with Crippen LogP contribution in [0, 0.1) is 11.3 Å². The fraction of sp³-hybridized carbons (Fsp3) is 0.535. The molecule has 2 amide bonds. The lowest BCUT2D eigenvalue weighted by molar-refractivity contribution is -0.0762. The molecule has 0 aliphatic heterocycles. The molecule has 4 aliphatic rings. The number of aliphatic hydroxyl groups is 2. The van der Waals surface area contributed by atoms with Gasteiger partial charge in [-0.25, -0.2) is 4.79 Å². The summed E-state index contributed by atoms with van der Waals surface area (Å²) >= 11 is 1.67. The van der Waals surface area contributed by atoms with Crippen molar-refractivity contribution in [2.75, 3.05) is 25.5 Å². The zero-order chi connectivity index (χ0) is 36.0. The summed E-state index contributed by atoms with van der Waals surface area (Å²) in [7, 11) is 1.62. The van der Waals surface area contributed by atoms with Crippen molar-refractivity contribution in [2.45, 2.75) is 115 Å². The molecule has 7 rings (SSSR count). The minimum atomic E-state index is -1.19. The number of benzene rings is 2. The van der Waals surface area contributed by atoms with Gasteiger partial charge in [0.15, 0.2) is 5.78 Å². The molecule has 0 saturated heterocycles. The molecule has 1 aromatic heterocycles. The number of nitrogens with one attached hydrogen (secondary N) is 1. The Morgan fingerprint density at radius 3 is 2.53 bits per heavy atom. The minimum absolute atomic E-state index is 0.0167. The highest BCUT2D eigenvalue weighted by atomic mass is 32.1. The van der Waals surface area contributed by atoms with E-state index in [1.807, 2.05) is 30.3 Å². The minimum Gasteiger partial charge on any atom is -0.497 e. The predicted octanol–water partition coefficient (Wildman–Crippen LogP) is 9.34. The number of anilines is 1. The lowest BCUT2D eigenvalue weighted by Gasteiger charge is -2.46. The Labute approximate surface area is 308 Å². The molecule has 4 aliphatic carbocycles. The smallest absolute Gasteiger partial charge is 0.321 e. The maximum Gasteiger partial charge on any atom is 0.321 e. The standard InChI is InChI=1S/C43H56N2O5S/c1-30-9-7-23-42(2)39(37-20-14-31(27-34(46)17-13-30)28-38(37)40(47)32-10-5-4-6-11-32)21-24-43(42,49)29-45(25-22-36-12-8-26-51-36)41(48)44-33-15-18-35(50-3)19-16-33/h8-9,12,14-16,18-20,26,28,32,34,39,46,49H,4-7,10-11,13,17,21-25,27,29H2,1-3H3,(H,44,48)/t34-,39-,42-,43+/m0/s1. The number of allylic oxidation sites excluding steroid dienone is 2. The second kappa shape index (κ2) is 16.5. The van der Waals surface area contributed by atoms with Crippen LogP contribution >= 0.6 is 11.3 Å². The summed E-state index contributed by atoms with van der Waals surface area (Å²) < 4.78 is 5.31. The first-order valence-corrected chi connectivity index (χ1v) is 19.9. The number of thiophene rings is 1. The largest absolute Gasteiger partial charge is 0.497 e. The van der Waals surface area contributed by atoms with Crippen molar-refractivity contribution in [1.82, 2.24) is 4.90 Å². The van der Waals surface area contributed by atoms with E-state index in [0.29, 0.717) is 50.1 Å². The van der Waals surface area contributed by atoms with E-state index in [0.717, 1.165) is 61.6 Å². The zero-order valence-electron chi connectivity index (χ0n) is 30.7. The third-order valence-electron chi connectivity index (χ3n) is 12.2. The van der Waals surface area contributed by atoms with Crippen LogP contribution in [0.15, 0.2) is 71.6 Å². The maximum absolute atomic E-state index is 14.4. The van der Waals surface area contributed by atoms with Gasteiger partial charge in [-0.2, -0.15) is 0 Å². The first-order chi connectivity index (χ1) is 24.6. The Kier molecular flexibility index (Phi) is 12.1. The Morgan fingerprint density at radius 2 is 1.80 bits per heavy atom. The Bertz CT molecular complexity index is 1660. The number of fused-ring (bicyclic) bond motifs is 8. The number of rotatable bonds is 9. The van der Waals surface area contributed by atoms with Gasteiger partial charge in [-0.15, -0.1) is 11.3 Å². The van der Waals surface area contributed by atoms with Crippen molar-refractivity contribution in [3.63, 3.8) is 0 Å². The summed E-state index contributed by atoms with van der Waals surface area (Å²) in [5, 5.41) is 29.1. The van der Waals surface area contributed by atoms with Crippen LogP contribution in [0.5, 0.6) is 5.75 Å². The van der Waals surface area contributed by atoms with Gasteiger partial charge in [-0.3, -0.25) is 4.79 Å². The average Bonchev–Trinajstić information content (AvgIpc) is 3.75. The van der Waals surface area contributed by atoms with Gasteiger partial charge in [0, 0.05) is 34.0 Å². The third kappa shape index (κ3) is 8.61. The highest BCUT2D eigenvalue weighted by Crippen LogP contribution is 2.59. The molecule has 0 spiro atoms. The number of hydrogen-bond acceptors (Lipinski definition) is 6. The van der Waals surface area contributed by atoms with Gasteiger partial charge >= 0.3 is 6.03 Å². The van der Waals surface area contributed by atoms with Gasteiger partial charge in [0.2, 0.25) is 0 Å². The van der Waals surface area contributed by atoms with Crippen LogP contribution in [-0.2, 0) is 12.8 Å². The average molecular weight is 713 g/mol. The molecule has 0 radical (unpaired) electrons. The number of hydrogen-bond donors (Lipinski definition) is 3. The first-order valence-electron chi connectivity index (χ1n) is 19.0. The van der Waals surface area contributed by atoms with Crippen molar-refractivity contribution >= 4 is 28.8 Å². The second-order valence-electron chi connectivity index (χ2n) is 15.6. The molecular weight excluding hydrogens is 657 g/mol. The first kappa shape index (κ1) is 37.3. The Balaban J connectivity index is 1.36. The monoisotopic (exact) mass is 712 g/mol. The number of ether oxygens (including phenoxy) is 1. The van der Waals surface area contributed by atoms with E-state index in [4.69, 9.17) is 4.74 Å². The van der Waals surface area contributed by atoms with E-state index >= 15 is 0 Å². The number of carbonyl (C=O) groups is 2. The van der Waals surface area contributed by atoms with Crippen LogP contribution in [0.4, 0.5) is 10.5 Å². The highest BCUT2D eigenvalue weighted by Gasteiger charge is 2.57. The molecule has 2 bridgehead atoms. The van der Waals surface area contributed by atoms with Gasteiger partial charge in [0.05, 0.1) is 25.4 Å². The van der Waals surface area contributed by atoms with Crippen LogP contribution in [0.3, 0.4) is 0 Å². The summed E-state index contributed by atoms with van der Waals surface area (Å²) in [6, 6.07) is 17.5. The van der Waals surface area contributed by atoms with E-state index in [1.54, 1.807) is 23.3 Å².